The summed E-state index contributed by atoms with van der Waals surface area (Å²) < 4.78 is 6.98. The molecule has 0 saturated heterocycles. The molecule has 5 nitrogen and oxygen atoms in total. The first kappa shape index (κ1) is 27.4. The van der Waals surface area contributed by atoms with Crippen molar-refractivity contribution in [2.75, 3.05) is 6.61 Å². The second-order valence-corrected chi connectivity index (χ2v) is 11.3. The number of hydrogen-bond acceptors (Lipinski definition) is 3. The van der Waals surface area contributed by atoms with Crippen molar-refractivity contribution in [1.82, 2.24) is 10.2 Å². The van der Waals surface area contributed by atoms with Crippen molar-refractivity contribution in [2.45, 2.75) is 45.3 Å². The van der Waals surface area contributed by atoms with Gasteiger partial charge in [-0.25, -0.2) is 0 Å². The van der Waals surface area contributed by atoms with E-state index in [4.69, 9.17) is 4.74 Å². The van der Waals surface area contributed by atoms with Crippen LogP contribution in [-0.2, 0) is 22.6 Å². The zero-order chi connectivity index (χ0) is 27.1. The van der Waals surface area contributed by atoms with Crippen molar-refractivity contribution < 1.29 is 14.3 Å². The van der Waals surface area contributed by atoms with Gasteiger partial charge in [0.05, 0.1) is 0 Å². The first-order valence-corrected chi connectivity index (χ1v) is 13.5. The maximum absolute atomic E-state index is 13.9. The fraction of sp³-hybridized carbons (Fsp3) is 0.250. The predicted molar refractivity (Wildman–Crippen MR) is 156 cm³/mol. The van der Waals surface area contributed by atoms with Gasteiger partial charge in [0.25, 0.3) is 5.91 Å². The first-order valence-electron chi connectivity index (χ1n) is 12.7. The molecule has 0 saturated carbocycles. The Hall–Kier alpha value is -3.64. The van der Waals surface area contributed by atoms with Gasteiger partial charge in [0.15, 0.2) is 6.61 Å². The number of hydrogen-bond donors (Lipinski definition) is 1. The number of carbonyl (C=O) groups excluding carboxylic acids is 2. The summed E-state index contributed by atoms with van der Waals surface area (Å²) >= 11 is 3.53. The summed E-state index contributed by atoms with van der Waals surface area (Å²) in [6.07, 6.45) is 0.386. The monoisotopic (exact) mass is 572 g/mol. The third kappa shape index (κ3) is 7.45. The van der Waals surface area contributed by atoms with Crippen LogP contribution in [0.15, 0.2) is 102 Å². The molecule has 6 heteroatoms. The van der Waals surface area contributed by atoms with Gasteiger partial charge in [0.1, 0.15) is 11.8 Å². The van der Waals surface area contributed by atoms with Gasteiger partial charge in [-0.1, -0.05) is 94.8 Å². The quantitative estimate of drug-likeness (QED) is 0.248. The van der Waals surface area contributed by atoms with Crippen molar-refractivity contribution in [3.8, 4) is 5.75 Å². The van der Waals surface area contributed by atoms with E-state index in [9.17, 15) is 9.59 Å². The number of amides is 2. The summed E-state index contributed by atoms with van der Waals surface area (Å²) in [4.78, 5) is 29.2. The van der Waals surface area contributed by atoms with Crippen LogP contribution < -0.4 is 10.1 Å². The zero-order valence-corrected chi connectivity index (χ0v) is 23.6. The Balaban J connectivity index is 1.66. The van der Waals surface area contributed by atoms with Gasteiger partial charge in [-0.3, -0.25) is 9.59 Å². The standard InChI is InChI=1S/C32H33BrN2O3/c1-32(2,3)34-31(37)28(20-23-11-5-4-6-12-23)35(21-24-13-9-16-26(33)19-24)30(36)22-38-29-18-10-15-25-14-7-8-17-27(25)29/h4-19,28H,20-22H2,1-3H3,(H,34,37)/t28-/m1/s1. The molecule has 0 aliphatic heterocycles. The van der Waals surface area contributed by atoms with Crippen LogP contribution in [0.5, 0.6) is 5.75 Å². The fourth-order valence-corrected chi connectivity index (χ4v) is 4.83. The van der Waals surface area contributed by atoms with E-state index in [0.29, 0.717) is 12.2 Å². The molecular weight excluding hydrogens is 540 g/mol. The average Bonchev–Trinajstić information content (AvgIpc) is 2.89. The molecule has 4 aromatic rings. The Morgan fingerprint density at radius 2 is 1.53 bits per heavy atom. The summed E-state index contributed by atoms with van der Waals surface area (Å²) in [6, 6.07) is 30.5. The Bertz CT molecular complexity index is 1390. The highest BCUT2D eigenvalue weighted by atomic mass is 79.9. The summed E-state index contributed by atoms with van der Waals surface area (Å²) in [5.41, 5.74) is 1.44. The molecule has 0 aliphatic carbocycles. The molecule has 1 atom stereocenters. The minimum Gasteiger partial charge on any atom is -0.483 e. The predicted octanol–water partition coefficient (Wildman–Crippen LogP) is 6.54. The molecular formula is C32H33BrN2O3. The van der Waals surface area contributed by atoms with Gasteiger partial charge in [-0.05, 0) is 55.5 Å². The van der Waals surface area contributed by atoms with Gasteiger partial charge in [0.2, 0.25) is 5.91 Å². The SMILES string of the molecule is CC(C)(C)NC(=O)[C@@H](Cc1ccccc1)N(Cc1cccc(Br)c1)C(=O)COc1cccc2ccccc12. The molecule has 4 aromatic carbocycles. The topological polar surface area (TPSA) is 58.6 Å². The van der Waals surface area contributed by atoms with Crippen molar-refractivity contribution in [2.24, 2.45) is 0 Å². The van der Waals surface area contributed by atoms with Gasteiger partial charge in [-0.2, -0.15) is 0 Å². The van der Waals surface area contributed by atoms with Gasteiger partial charge < -0.3 is 15.0 Å². The molecule has 0 heterocycles. The van der Waals surface area contributed by atoms with Gasteiger partial charge in [0, 0.05) is 28.4 Å². The van der Waals surface area contributed by atoms with Crippen LogP contribution in [0, 0.1) is 0 Å². The van der Waals surface area contributed by atoms with E-state index in [1.165, 1.54) is 0 Å². The Morgan fingerprint density at radius 1 is 0.868 bits per heavy atom. The first-order chi connectivity index (χ1) is 18.2. The number of nitrogens with one attached hydrogen (secondary N) is 1. The summed E-state index contributed by atoms with van der Waals surface area (Å²) in [5.74, 6) is 0.176. The van der Waals surface area contributed by atoms with Crippen LogP contribution >= 0.6 is 15.9 Å². The molecule has 0 radical (unpaired) electrons. The highest BCUT2D eigenvalue weighted by Gasteiger charge is 2.32. The molecule has 1 N–H and O–H groups in total. The Labute approximate surface area is 232 Å². The molecule has 0 unspecified atom stereocenters. The molecule has 38 heavy (non-hydrogen) atoms. The summed E-state index contributed by atoms with van der Waals surface area (Å²) in [7, 11) is 0. The second-order valence-electron chi connectivity index (χ2n) is 10.4. The van der Waals surface area contributed by atoms with Gasteiger partial charge in [-0.15, -0.1) is 0 Å². The van der Waals surface area contributed by atoms with E-state index in [1.807, 2.05) is 118 Å². The number of benzene rings is 4. The lowest BCUT2D eigenvalue weighted by molar-refractivity contribution is -0.143. The maximum atomic E-state index is 13.9. The molecule has 2 amide bonds. The van der Waals surface area contributed by atoms with E-state index >= 15 is 0 Å². The lowest BCUT2D eigenvalue weighted by Gasteiger charge is -2.33. The van der Waals surface area contributed by atoms with E-state index in [2.05, 4.69) is 21.2 Å². The molecule has 0 aromatic heterocycles. The lowest BCUT2D eigenvalue weighted by atomic mass is 10.0. The van der Waals surface area contributed by atoms with Gasteiger partial charge >= 0.3 is 0 Å². The number of carbonyl (C=O) groups is 2. The molecule has 4 rings (SSSR count). The molecule has 0 fully saturated rings. The van der Waals surface area contributed by atoms with Crippen molar-refractivity contribution in [1.29, 1.82) is 0 Å². The van der Waals surface area contributed by atoms with E-state index in [1.54, 1.807) is 4.90 Å². The summed E-state index contributed by atoms with van der Waals surface area (Å²) in [6.45, 7) is 5.90. The van der Waals surface area contributed by atoms with E-state index < -0.39 is 11.6 Å². The molecule has 0 aliphatic rings. The minimum absolute atomic E-state index is 0.184. The number of ether oxygens (including phenoxy) is 1. The van der Waals surface area contributed by atoms with Crippen LogP contribution in [0.1, 0.15) is 31.9 Å². The number of nitrogens with zero attached hydrogens (tertiary/aromatic N) is 1. The van der Waals surface area contributed by atoms with Crippen LogP contribution in [-0.4, -0.2) is 34.9 Å². The molecule has 0 bridgehead atoms. The third-order valence-corrected chi connectivity index (χ3v) is 6.61. The third-order valence-electron chi connectivity index (χ3n) is 6.11. The Kier molecular flexibility index (Phi) is 8.85. The highest BCUT2D eigenvalue weighted by Crippen LogP contribution is 2.26. The van der Waals surface area contributed by atoms with Crippen molar-refractivity contribution in [3.05, 3.63) is 113 Å². The van der Waals surface area contributed by atoms with Crippen LogP contribution in [0.2, 0.25) is 0 Å². The molecule has 0 spiro atoms. The fourth-order valence-electron chi connectivity index (χ4n) is 4.38. The maximum Gasteiger partial charge on any atom is 0.261 e. The minimum atomic E-state index is -0.723. The Morgan fingerprint density at radius 3 is 2.26 bits per heavy atom. The van der Waals surface area contributed by atoms with Crippen molar-refractivity contribution >= 4 is 38.5 Å². The lowest BCUT2D eigenvalue weighted by Crippen LogP contribution is -2.55. The second kappa shape index (κ2) is 12.3. The van der Waals surface area contributed by atoms with Crippen LogP contribution in [0.3, 0.4) is 0 Å². The van der Waals surface area contributed by atoms with Crippen LogP contribution in [0.25, 0.3) is 10.8 Å². The number of fused-ring (bicyclic) bond motifs is 1. The normalized spacial score (nSPS) is 12.1. The number of halogens is 1. The number of rotatable bonds is 9. The average molecular weight is 574 g/mol. The molecule has 196 valence electrons. The zero-order valence-electron chi connectivity index (χ0n) is 22.0. The van der Waals surface area contributed by atoms with Crippen LogP contribution in [0.4, 0.5) is 0 Å². The highest BCUT2D eigenvalue weighted by molar-refractivity contribution is 9.10. The van der Waals surface area contributed by atoms with Crippen molar-refractivity contribution in [3.63, 3.8) is 0 Å². The summed E-state index contributed by atoms with van der Waals surface area (Å²) in [5, 5.41) is 5.06. The van der Waals surface area contributed by atoms with E-state index in [0.717, 1.165) is 26.4 Å². The smallest absolute Gasteiger partial charge is 0.261 e. The largest absolute Gasteiger partial charge is 0.483 e. The van der Waals surface area contributed by atoms with E-state index in [-0.39, 0.29) is 25.0 Å².